The van der Waals surface area contributed by atoms with Gasteiger partial charge in [-0.25, -0.2) is 15.0 Å². The molecule has 0 aliphatic carbocycles. The number of nitrogens with two attached hydrogens (primary N) is 1. The number of nitrogens with zero attached hydrogens (tertiary/aromatic N) is 4. The number of rotatable bonds is 6. The van der Waals surface area contributed by atoms with Crippen molar-refractivity contribution in [2.24, 2.45) is 5.73 Å². The fourth-order valence-electron chi connectivity index (χ4n) is 2.10. The molecule has 0 amide bonds. The van der Waals surface area contributed by atoms with Crippen molar-refractivity contribution in [2.45, 2.75) is 13.0 Å². The zero-order chi connectivity index (χ0) is 15.4. The number of aromatic nitrogens is 3. The first kappa shape index (κ1) is 15.1. The van der Waals surface area contributed by atoms with Crippen molar-refractivity contribution in [2.75, 3.05) is 18.5 Å². The fourth-order valence-corrected chi connectivity index (χ4v) is 3.72. The van der Waals surface area contributed by atoms with E-state index in [2.05, 4.69) is 31.7 Å². The van der Waals surface area contributed by atoms with E-state index in [1.165, 1.54) is 4.88 Å². The maximum atomic E-state index is 5.58. The van der Waals surface area contributed by atoms with E-state index in [0.717, 1.165) is 35.2 Å². The van der Waals surface area contributed by atoms with Gasteiger partial charge in [-0.15, -0.1) is 22.7 Å². The average Bonchev–Trinajstić information content (AvgIpc) is 3.18. The highest BCUT2D eigenvalue weighted by Gasteiger charge is 2.10. The van der Waals surface area contributed by atoms with Crippen LogP contribution in [0.15, 0.2) is 35.3 Å². The number of hydrogen-bond acceptors (Lipinski definition) is 7. The van der Waals surface area contributed by atoms with Crippen molar-refractivity contribution in [3.8, 4) is 9.88 Å². The first-order chi connectivity index (χ1) is 10.8. The van der Waals surface area contributed by atoms with Gasteiger partial charge < -0.3 is 10.6 Å². The van der Waals surface area contributed by atoms with E-state index in [-0.39, 0.29) is 0 Å². The molecule has 0 unspecified atom stereocenters. The van der Waals surface area contributed by atoms with Crippen molar-refractivity contribution < 1.29 is 0 Å². The van der Waals surface area contributed by atoms with E-state index in [0.29, 0.717) is 6.54 Å². The van der Waals surface area contributed by atoms with Gasteiger partial charge in [0.05, 0.1) is 17.1 Å². The third kappa shape index (κ3) is 3.49. The van der Waals surface area contributed by atoms with Crippen LogP contribution in [0.3, 0.4) is 0 Å². The monoisotopic (exact) mass is 331 g/mol. The molecule has 3 aromatic heterocycles. The number of thiophene rings is 1. The van der Waals surface area contributed by atoms with Crippen LogP contribution in [0, 0.1) is 0 Å². The summed E-state index contributed by atoms with van der Waals surface area (Å²) in [6.07, 6.45) is 2.36. The summed E-state index contributed by atoms with van der Waals surface area (Å²) < 4.78 is 0. The highest BCUT2D eigenvalue weighted by Crippen LogP contribution is 2.28. The molecular weight excluding hydrogens is 314 g/mol. The van der Waals surface area contributed by atoms with Crippen LogP contribution in [0.2, 0.25) is 0 Å². The molecule has 0 aliphatic heterocycles. The summed E-state index contributed by atoms with van der Waals surface area (Å²) in [5.74, 6) is 0.893. The Kier molecular flexibility index (Phi) is 4.77. The van der Waals surface area contributed by atoms with Gasteiger partial charge in [0, 0.05) is 30.6 Å². The molecule has 3 aromatic rings. The Morgan fingerprint density at radius 3 is 2.91 bits per heavy atom. The summed E-state index contributed by atoms with van der Waals surface area (Å²) in [6, 6.07) is 6.13. The van der Waals surface area contributed by atoms with Crippen molar-refractivity contribution >= 4 is 28.5 Å². The predicted molar refractivity (Wildman–Crippen MR) is 92.3 cm³/mol. The maximum absolute atomic E-state index is 5.58. The molecule has 5 nitrogen and oxygen atoms in total. The molecular formula is C15H17N5S2. The van der Waals surface area contributed by atoms with Crippen molar-refractivity contribution in [3.05, 3.63) is 46.7 Å². The fraction of sp³-hybridized carbons (Fsp3) is 0.267. The first-order valence-electron chi connectivity index (χ1n) is 6.96. The van der Waals surface area contributed by atoms with Crippen LogP contribution in [0.4, 0.5) is 5.82 Å². The van der Waals surface area contributed by atoms with Crippen LogP contribution >= 0.6 is 22.7 Å². The molecule has 7 heteroatoms. The topological polar surface area (TPSA) is 67.9 Å². The molecule has 22 heavy (non-hydrogen) atoms. The maximum Gasteiger partial charge on any atom is 0.133 e. The van der Waals surface area contributed by atoms with Gasteiger partial charge in [-0.3, -0.25) is 0 Å². The summed E-state index contributed by atoms with van der Waals surface area (Å²) in [5.41, 5.74) is 7.60. The molecule has 114 valence electrons. The van der Waals surface area contributed by atoms with Crippen molar-refractivity contribution in [3.63, 3.8) is 0 Å². The minimum absolute atomic E-state index is 0.594. The lowest BCUT2D eigenvalue weighted by Gasteiger charge is -2.17. The highest BCUT2D eigenvalue weighted by atomic mass is 32.1. The van der Waals surface area contributed by atoms with E-state index in [9.17, 15) is 0 Å². The van der Waals surface area contributed by atoms with Gasteiger partial charge in [0.2, 0.25) is 0 Å². The normalized spacial score (nSPS) is 10.8. The Balaban J connectivity index is 1.71. The van der Waals surface area contributed by atoms with Gasteiger partial charge >= 0.3 is 0 Å². The third-order valence-corrected chi connectivity index (χ3v) is 5.11. The zero-order valence-corrected chi connectivity index (χ0v) is 13.9. The van der Waals surface area contributed by atoms with E-state index < -0.39 is 0 Å². The number of anilines is 1. The molecule has 3 rings (SSSR count). The summed E-state index contributed by atoms with van der Waals surface area (Å²) >= 11 is 3.39. The average molecular weight is 331 g/mol. The van der Waals surface area contributed by atoms with Crippen LogP contribution < -0.4 is 10.6 Å². The van der Waals surface area contributed by atoms with Gasteiger partial charge in [0.15, 0.2) is 0 Å². The SMILES string of the molecule is CN(Cc1csc(-c2cccs2)n1)c1cc(CCN)ncn1. The molecule has 0 atom stereocenters. The lowest BCUT2D eigenvalue weighted by Crippen LogP contribution is -2.18. The van der Waals surface area contributed by atoms with E-state index in [1.54, 1.807) is 29.0 Å². The Bertz CT molecular complexity index is 723. The van der Waals surface area contributed by atoms with Crippen molar-refractivity contribution in [1.82, 2.24) is 15.0 Å². The number of hydrogen-bond donors (Lipinski definition) is 1. The lowest BCUT2D eigenvalue weighted by molar-refractivity contribution is 0.850. The third-order valence-electron chi connectivity index (χ3n) is 3.18. The quantitative estimate of drug-likeness (QED) is 0.752. The highest BCUT2D eigenvalue weighted by molar-refractivity contribution is 7.20. The molecule has 0 aromatic carbocycles. The summed E-state index contributed by atoms with van der Waals surface area (Å²) in [6.45, 7) is 1.32. The molecule has 0 saturated heterocycles. The van der Waals surface area contributed by atoms with Gasteiger partial charge in [0.25, 0.3) is 0 Å². The zero-order valence-electron chi connectivity index (χ0n) is 12.3. The second kappa shape index (κ2) is 6.95. The summed E-state index contributed by atoms with van der Waals surface area (Å²) in [4.78, 5) is 16.5. The Hall–Kier alpha value is -1.83. The van der Waals surface area contributed by atoms with E-state index in [4.69, 9.17) is 10.7 Å². The molecule has 0 spiro atoms. The molecule has 0 fully saturated rings. The van der Waals surface area contributed by atoms with Crippen LogP contribution in [0.1, 0.15) is 11.4 Å². The van der Waals surface area contributed by atoms with Crippen LogP contribution in [0.25, 0.3) is 9.88 Å². The van der Waals surface area contributed by atoms with Gasteiger partial charge in [-0.2, -0.15) is 0 Å². The van der Waals surface area contributed by atoms with E-state index in [1.807, 2.05) is 19.2 Å². The molecule has 0 radical (unpaired) electrons. The van der Waals surface area contributed by atoms with Crippen LogP contribution in [-0.2, 0) is 13.0 Å². The lowest BCUT2D eigenvalue weighted by atomic mass is 10.3. The second-order valence-corrected chi connectivity index (χ2v) is 6.69. The van der Waals surface area contributed by atoms with Crippen molar-refractivity contribution in [1.29, 1.82) is 0 Å². The van der Waals surface area contributed by atoms with Gasteiger partial charge in [-0.1, -0.05) is 6.07 Å². The minimum atomic E-state index is 0.594. The van der Waals surface area contributed by atoms with Gasteiger partial charge in [-0.05, 0) is 18.0 Å². The largest absolute Gasteiger partial charge is 0.354 e. The molecule has 0 saturated carbocycles. The predicted octanol–water partition coefficient (Wildman–Crippen LogP) is 2.80. The molecule has 0 aliphatic rings. The smallest absolute Gasteiger partial charge is 0.133 e. The minimum Gasteiger partial charge on any atom is -0.354 e. The van der Waals surface area contributed by atoms with E-state index >= 15 is 0 Å². The molecule has 2 N–H and O–H groups in total. The summed E-state index contributed by atoms with van der Waals surface area (Å²) in [5, 5.41) is 5.25. The van der Waals surface area contributed by atoms with Crippen LogP contribution in [-0.4, -0.2) is 28.5 Å². The standard InChI is InChI=1S/C15H17N5S2/c1-20(14-7-11(4-5-16)17-10-18-14)8-12-9-22-15(19-12)13-3-2-6-21-13/h2-3,6-7,9-10H,4-5,8,16H2,1H3. The summed E-state index contributed by atoms with van der Waals surface area (Å²) in [7, 11) is 2.01. The second-order valence-electron chi connectivity index (χ2n) is 4.88. The number of thiazole rings is 1. The Morgan fingerprint density at radius 2 is 2.14 bits per heavy atom. The molecule has 3 heterocycles. The Labute approximate surface area is 137 Å². The molecule has 0 bridgehead atoms. The Morgan fingerprint density at radius 1 is 1.23 bits per heavy atom. The van der Waals surface area contributed by atoms with Crippen LogP contribution in [0.5, 0.6) is 0 Å². The van der Waals surface area contributed by atoms with Gasteiger partial charge in [0.1, 0.15) is 17.2 Å². The first-order valence-corrected chi connectivity index (χ1v) is 8.72.